The first kappa shape index (κ1) is 26.5. The van der Waals surface area contributed by atoms with Gasteiger partial charge in [-0.2, -0.15) is 0 Å². The van der Waals surface area contributed by atoms with Gasteiger partial charge in [0.25, 0.3) is 0 Å². The van der Waals surface area contributed by atoms with Gasteiger partial charge in [0.2, 0.25) is 0 Å². The van der Waals surface area contributed by atoms with Crippen LogP contribution in [0, 0.1) is 5.41 Å². The van der Waals surface area contributed by atoms with E-state index in [1.165, 1.54) is 96.3 Å². The Labute approximate surface area is 171 Å². The summed E-state index contributed by atoms with van der Waals surface area (Å²) < 4.78 is 5.55. The van der Waals surface area contributed by atoms with Crippen molar-refractivity contribution in [3.05, 3.63) is 0 Å². The molecule has 2 nitrogen and oxygen atoms in total. The largest absolute Gasteiger partial charge is 0.465 e. The zero-order valence-electron chi connectivity index (χ0n) is 19.3. The second-order valence-corrected chi connectivity index (χ2v) is 9.07. The second kappa shape index (κ2) is 18.8. The molecule has 0 atom stereocenters. The fraction of sp³-hybridized carbons (Fsp3) is 0.960. The van der Waals surface area contributed by atoms with E-state index in [9.17, 15) is 4.79 Å². The number of rotatable bonds is 20. The predicted molar refractivity (Wildman–Crippen MR) is 119 cm³/mol. The van der Waals surface area contributed by atoms with Crippen LogP contribution in [0.1, 0.15) is 143 Å². The number of unbranched alkanes of at least 4 members (excludes halogenated alkanes) is 15. The van der Waals surface area contributed by atoms with Crippen molar-refractivity contribution in [2.45, 2.75) is 143 Å². The van der Waals surface area contributed by atoms with Crippen LogP contribution in [0.2, 0.25) is 0 Å². The zero-order valence-corrected chi connectivity index (χ0v) is 19.3. The maximum Gasteiger partial charge on any atom is 0.311 e. The highest BCUT2D eigenvalue weighted by atomic mass is 16.5. The predicted octanol–water partition coefficient (Wildman–Crippen LogP) is 8.62. The minimum Gasteiger partial charge on any atom is -0.465 e. The van der Waals surface area contributed by atoms with E-state index in [2.05, 4.69) is 13.8 Å². The molecule has 27 heavy (non-hydrogen) atoms. The van der Waals surface area contributed by atoms with Crippen molar-refractivity contribution in [2.75, 3.05) is 6.61 Å². The van der Waals surface area contributed by atoms with Crippen molar-refractivity contribution >= 4 is 5.97 Å². The molecular weight excluding hydrogens is 332 g/mol. The quantitative estimate of drug-likeness (QED) is 0.155. The van der Waals surface area contributed by atoms with Crippen LogP contribution in [-0.4, -0.2) is 12.6 Å². The molecule has 0 radical (unpaired) electrons. The summed E-state index contributed by atoms with van der Waals surface area (Å²) in [5.41, 5.74) is -0.318. The van der Waals surface area contributed by atoms with E-state index in [0.29, 0.717) is 6.61 Å². The van der Waals surface area contributed by atoms with Crippen LogP contribution in [-0.2, 0) is 9.53 Å². The lowest BCUT2D eigenvalue weighted by Gasteiger charge is -2.22. The van der Waals surface area contributed by atoms with Crippen molar-refractivity contribution in [1.82, 2.24) is 0 Å². The van der Waals surface area contributed by atoms with Crippen LogP contribution in [0.3, 0.4) is 0 Å². The van der Waals surface area contributed by atoms with Crippen molar-refractivity contribution in [2.24, 2.45) is 5.41 Å². The summed E-state index contributed by atoms with van der Waals surface area (Å²) in [6.45, 7) is 9.22. The Bertz CT molecular complexity index is 322. The van der Waals surface area contributed by atoms with E-state index in [0.717, 1.165) is 19.3 Å². The molecule has 0 unspecified atom stereocenters. The number of ether oxygens (including phenoxy) is 1. The Morgan fingerprint density at radius 2 is 0.963 bits per heavy atom. The molecule has 0 bridgehead atoms. The molecule has 0 spiro atoms. The number of esters is 1. The van der Waals surface area contributed by atoms with E-state index < -0.39 is 0 Å². The van der Waals surface area contributed by atoms with Gasteiger partial charge in [-0.05, 0) is 26.7 Å². The van der Waals surface area contributed by atoms with Gasteiger partial charge in [-0.15, -0.1) is 0 Å². The van der Waals surface area contributed by atoms with E-state index in [1.54, 1.807) is 0 Å². The number of hydrogen-bond acceptors (Lipinski definition) is 2. The first-order valence-electron chi connectivity index (χ1n) is 12.2. The third kappa shape index (κ3) is 17.3. The fourth-order valence-electron chi connectivity index (χ4n) is 3.58. The zero-order chi connectivity index (χ0) is 20.2. The first-order valence-corrected chi connectivity index (χ1v) is 12.2. The third-order valence-electron chi connectivity index (χ3n) is 5.69. The molecule has 0 aromatic carbocycles. The van der Waals surface area contributed by atoms with E-state index in [-0.39, 0.29) is 11.4 Å². The van der Waals surface area contributed by atoms with Gasteiger partial charge < -0.3 is 4.74 Å². The maximum absolute atomic E-state index is 12.3. The van der Waals surface area contributed by atoms with Crippen LogP contribution in [0.25, 0.3) is 0 Å². The molecule has 0 N–H and O–H groups in total. The smallest absolute Gasteiger partial charge is 0.311 e. The lowest BCUT2D eigenvalue weighted by molar-refractivity contribution is -0.154. The number of hydrogen-bond donors (Lipinski definition) is 0. The molecule has 0 aliphatic heterocycles. The van der Waals surface area contributed by atoms with Crippen LogP contribution >= 0.6 is 0 Å². The lowest BCUT2D eigenvalue weighted by Crippen LogP contribution is -2.27. The molecule has 162 valence electrons. The van der Waals surface area contributed by atoms with Gasteiger partial charge in [-0.1, -0.05) is 117 Å². The van der Waals surface area contributed by atoms with Crippen LogP contribution < -0.4 is 0 Å². The number of carbonyl (C=O) groups is 1. The maximum atomic E-state index is 12.3. The molecule has 0 saturated heterocycles. The highest BCUT2D eigenvalue weighted by Gasteiger charge is 2.28. The minimum absolute atomic E-state index is 0.00408. The second-order valence-electron chi connectivity index (χ2n) is 9.07. The topological polar surface area (TPSA) is 26.3 Å². The Hall–Kier alpha value is -0.530. The molecular formula is C25H50O2. The van der Waals surface area contributed by atoms with Gasteiger partial charge in [-0.25, -0.2) is 0 Å². The molecule has 0 amide bonds. The Morgan fingerprint density at radius 1 is 0.593 bits per heavy atom. The molecule has 0 aliphatic carbocycles. The van der Waals surface area contributed by atoms with Gasteiger partial charge in [0.1, 0.15) is 0 Å². The van der Waals surface area contributed by atoms with Crippen molar-refractivity contribution in [1.29, 1.82) is 0 Å². The average Bonchev–Trinajstić information content (AvgIpc) is 2.65. The van der Waals surface area contributed by atoms with Gasteiger partial charge in [0.15, 0.2) is 0 Å². The standard InChI is InChI=1S/C25H50O2/c1-5-7-9-11-13-14-15-17-19-21-23-27-24(26)25(3,4)22-20-18-16-12-10-8-6-2/h5-23H2,1-4H3. The SMILES string of the molecule is CCCCCCCCCCCCOC(=O)C(C)(C)CCCCCCCCC. The summed E-state index contributed by atoms with van der Waals surface area (Å²) in [7, 11) is 0. The fourth-order valence-corrected chi connectivity index (χ4v) is 3.58. The molecule has 2 heteroatoms. The highest BCUT2D eigenvalue weighted by molar-refractivity contribution is 5.75. The van der Waals surface area contributed by atoms with Crippen LogP contribution in [0.5, 0.6) is 0 Å². The summed E-state index contributed by atoms with van der Waals surface area (Å²) in [6.07, 6.45) is 23.2. The summed E-state index contributed by atoms with van der Waals surface area (Å²) >= 11 is 0. The monoisotopic (exact) mass is 382 g/mol. The summed E-state index contributed by atoms with van der Waals surface area (Å²) in [4.78, 5) is 12.3. The third-order valence-corrected chi connectivity index (χ3v) is 5.69. The normalized spacial score (nSPS) is 11.7. The summed E-state index contributed by atoms with van der Waals surface area (Å²) in [5.74, 6) is 0.00408. The summed E-state index contributed by atoms with van der Waals surface area (Å²) in [6, 6.07) is 0. The van der Waals surface area contributed by atoms with Crippen molar-refractivity contribution in [3.63, 3.8) is 0 Å². The summed E-state index contributed by atoms with van der Waals surface area (Å²) in [5, 5.41) is 0. The highest BCUT2D eigenvalue weighted by Crippen LogP contribution is 2.26. The lowest BCUT2D eigenvalue weighted by atomic mass is 9.87. The first-order chi connectivity index (χ1) is 13.0. The molecule has 0 aromatic rings. The molecule has 0 rings (SSSR count). The molecule has 0 fully saturated rings. The van der Waals surface area contributed by atoms with E-state index >= 15 is 0 Å². The molecule has 0 heterocycles. The Kier molecular flexibility index (Phi) is 18.4. The van der Waals surface area contributed by atoms with Gasteiger partial charge >= 0.3 is 5.97 Å². The molecule has 0 aromatic heterocycles. The Morgan fingerprint density at radius 3 is 1.41 bits per heavy atom. The van der Waals surface area contributed by atoms with Gasteiger partial charge in [-0.3, -0.25) is 4.79 Å². The van der Waals surface area contributed by atoms with Gasteiger partial charge in [0, 0.05) is 0 Å². The number of carbonyl (C=O) groups excluding carboxylic acids is 1. The van der Waals surface area contributed by atoms with Crippen molar-refractivity contribution < 1.29 is 9.53 Å². The van der Waals surface area contributed by atoms with Crippen LogP contribution in [0.15, 0.2) is 0 Å². The van der Waals surface area contributed by atoms with Crippen molar-refractivity contribution in [3.8, 4) is 0 Å². The van der Waals surface area contributed by atoms with E-state index in [1.807, 2.05) is 13.8 Å². The van der Waals surface area contributed by atoms with Gasteiger partial charge in [0.05, 0.1) is 12.0 Å². The van der Waals surface area contributed by atoms with Crippen LogP contribution in [0.4, 0.5) is 0 Å². The van der Waals surface area contributed by atoms with E-state index in [4.69, 9.17) is 4.74 Å². The molecule has 0 saturated carbocycles. The Balaban J connectivity index is 3.50. The minimum atomic E-state index is -0.318. The average molecular weight is 383 g/mol. The molecule has 0 aliphatic rings.